The molecule has 7 heteroatoms. The fourth-order valence-corrected chi connectivity index (χ4v) is 2.71. The Labute approximate surface area is 140 Å². The van der Waals surface area contributed by atoms with Crippen LogP contribution in [0.15, 0.2) is 29.0 Å². The third-order valence-electron chi connectivity index (χ3n) is 4.45. The minimum absolute atomic E-state index is 0.0156. The van der Waals surface area contributed by atoms with Crippen molar-refractivity contribution in [2.75, 3.05) is 26.3 Å². The SMILES string of the molecule is O=C(c1ccncc1)N1CC(c2nc(CCOCC3CC3)no2)C1. The molecule has 4 rings (SSSR count). The summed E-state index contributed by atoms with van der Waals surface area (Å²) in [6, 6.07) is 3.45. The molecule has 2 aromatic heterocycles. The van der Waals surface area contributed by atoms with E-state index < -0.39 is 0 Å². The number of likely N-dealkylation sites (tertiary alicyclic amines) is 1. The van der Waals surface area contributed by atoms with Gasteiger partial charge in [-0.05, 0) is 30.9 Å². The minimum Gasteiger partial charge on any atom is -0.381 e. The van der Waals surface area contributed by atoms with E-state index in [1.165, 1.54) is 12.8 Å². The summed E-state index contributed by atoms with van der Waals surface area (Å²) in [6.45, 7) is 2.70. The van der Waals surface area contributed by atoms with Crippen molar-refractivity contribution in [3.05, 3.63) is 41.8 Å². The molecule has 1 amide bonds. The molecule has 0 spiro atoms. The topological polar surface area (TPSA) is 81.4 Å². The van der Waals surface area contributed by atoms with Crippen LogP contribution in [0.25, 0.3) is 0 Å². The van der Waals surface area contributed by atoms with Gasteiger partial charge in [-0.2, -0.15) is 4.98 Å². The van der Waals surface area contributed by atoms with Crippen LogP contribution in [-0.2, 0) is 11.2 Å². The second kappa shape index (κ2) is 6.68. The predicted molar refractivity (Wildman–Crippen MR) is 84.4 cm³/mol. The fourth-order valence-electron chi connectivity index (χ4n) is 2.71. The van der Waals surface area contributed by atoms with E-state index in [4.69, 9.17) is 9.26 Å². The summed E-state index contributed by atoms with van der Waals surface area (Å²) >= 11 is 0. The monoisotopic (exact) mass is 328 g/mol. The van der Waals surface area contributed by atoms with Crippen molar-refractivity contribution in [1.29, 1.82) is 0 Å². The summed E-state index contributed by atoms with van der Waals surface area (Å²) < 4.78 is 10.9. The zero-order valence-electron chi connectivity index (χ0n) is 13.4. The van der Waals surface area contributed by atoms with Gasteiger partial charge in [-0.1, -0.05) is 5.16 Å². The molecule has 1 saturated carbocycles. The third kappa shape index (κ3) is 3.46. The summed E-state index contributed by atoms with van der Waals surface area (Å²) in [7, 11) is 0. The number of carbonyl (C=O) groups excluding carboxylic acids is 1. The summed E-state index contributed by atoms with van der Waals surface area (Å²) in [5.74, 6) is 2.21. The van der Waals surface area contributed by atoms with E-state index in [2.05, 4.69) is 15.1 Å². The molecule has 0 aromatic carbocycles. The van der Waals surface area contributed by atoms with Gasteiger partial charge in [-0.15, -0.1) is 0 Å². The van der Waals surface area contributed by atoms with Crippen LogP contribution in [0.3, 0.4) is 0 Å². The van der Waals surface area contributed by atoms with Crippen LogP contribution in [0.2, 0.25) is 0 Å². The van der Waals surface area contributed by atoms with Crippen LogP contribution in [-0.4, -0.2) is 52.2 Å². The molecule has 3 heterocycles. The predicted octanol–water partition coefficient (Wildman–Crippen LogP) is 1.67. The van der Waals surface area contributed by atoms with Gasteiger partial charge in [-0.25, -0.2) is 0 Å². The number of carbonyl (C=O) groups is 1. The van der Waals surface area contributed by atoms with Crippen LogP contribution in [0.5, 0.6) is 0 Å². The van der Waals surface area contributed by atoms with E-state index in [0.717, 1.165) is 12.5 Å². The Kier molecular flexibility index (Phi) is 4.25. The lowest BCUT2D eigenvalue weighted by Crippen LogP contribution is -2.48. The van der Waals surface area contributed by atoms with Crippen LogP contribution in [0, 0.1) is 5.92 Å². The average Bonchev–Trinajstić information content (AvgIpc) is 3.29. The van der Waals surface area contributed by atoms with Gasteiger partial charge in [0.05, 0.1) is 12.5 Å². The van der Waals surface area contributed by atoms with E-state index >= 15 is 0 Å². The Morgan fingerprint density at radius 1 is 1.29 bits per heavy atom. The molecule has 0 N–H and O–H groups in total. The van der Waals surface area contributed by atoms with Crippen LogP contribution < -0.4 is 0 Å². The van der Waals surface area contributed by atoms with E-state index in [0.29, 0.717) is 43.4 Å². The number of nitrogens with zero attached hydrogens (tertiary/aromatic N) is 4. The lowest BCUT2D eigenvalue weighted by Gasteiger charge is -2.37. The van der Waals surface area contributed by atoms with Gasteiger partial charge >= 0.3 is 0 Å². The van der Waals surface area contributed by atoms with Crippen LogP contribution in [0.4, 0.5) is 0 Å². The molecule has 1 aliphatic carbocycles. The first kappa shape index (κ1) is 15.3. The van der Waals surface area contributed by atoms with Gasteiger partial charge in [0.1, 0.15) is 0 Å². The zero-order chi connectivity index (χ0) is 16.4. The normalized spacial score (nSPS) is 17.8. The highest BCUT2D eigenvalue weighted by Gasteiger charge is 2.35. The standard InChI is InChI=1S/C17H20N4O3/c22-17(13-3-6-18-7-4-13)21-9-14(10-21)16-19-15(20-24-16)5-8-23-11-12-1-2-12/h3-4,6-7,12,14H,1-2,5,8-11H2. The van der Waals surface area contributed by atoms with Crippen molar-refractivity contribution in [2.24, 2.45) is 5.92 Å². The molecular weight excluding hydrogens is 308 g/mol. The largest absolute Gasteiger partial charge is 0.381 e. The number of amides is 1. The molecule has 2 aromatic rings. The first-order valence-corrected chi connectivity index (χ1v) is 8.39. The van der Waals surface area contributed by atoms with Crippen molar-refractivity contribution in [1.82, 2.24) is 20.0 Å². The van der Waals surface area contributed by atoms with Crippen molar-refractivity contribution >= 4 is 5.91 Å². The summed E-state index contributed by atoms with van der Waals surface area (Å²) in [5.41, 5.74) is 0.655. The highest BCUT2D eigenvalue weighted by atomic mass is 16.5. The molecule has 2 aliphatic rings. The maximum atomic E-state index is 12.3. The van der Waals surface area contributed by atoms with Gasteiger partial charge in [-0.3, -0.25) is 9.78 Å². The Bertz CT molecular complexity index is 693. The molecule has 0 radical (unpaired) electrons. The molecule has 1 aliphatic heterocycles. The average molecular weight is 328 g/mol. The van der Waals surface area contributed by atoms with Crippen molar-refractivity contribution in [3.63, 3.8) is 0 Å². The molecular formula is C17H20N4O3. The molecule has 0 bridgehead atoms. The van der Waals surface area contributed by atoms with E-state index in [1.54, 1.807) is 29.4 Å². The van der Waals surface area contributed by atoms with E-state index in [-0.39, 0.29) is 11.8 Å². The summed E-state index contributed by atoms with van der Waals surface area (Å²) in [4.78, 5) is 22.4. The maximum absolute atomic E-state index is 12.3. The van der Waals surface area contributed by atoms with Crippen LogP contribution in [0.1, 0.15) is 40.8 Å². The third-order valence-corrected chi connectivity index (χ3v) is 4.45. The van der Waals surface area contributed by atoms with Crippen molar-refractivity contribution < 1.29 is 14.1 Å². The number of pyridine rings is 1. The molecule has 2 fully saturated rings. The number of hydrogen-bond donors (Lipinski definition) is 0. The number of ether oxygens (including phenoxy) is 1. The number of aromatic nitrogens is 3. The van der Waals surface area contributed by atoms with Gasteiger partial charge < -0.3 is 14.2 Å². The second-order valence-corrected chi connectivity index (χ2v) is 6.46. The lowest BCUT2D eigenvalue weighted by molar-refractivity contribution is 0.0569. The van der Waals surface area contributed by atoms with Crippen molar-refractivity contribution in [2.45, 2.75) is 25.2 Å². The molecule has 0 atom stereocenters. The summed E-state index contributed by atoms with van der Waals surface area (Å²) in [6.07, 6.45) is 6.51. The number of rotatable bonds is 7. The first-order chi connectivity index (χ1) is 11.8. The molecule has 1 saturated heterocycles. The Morgan fingerprint density at radius 3 is 2.83 bits per heavy atom. The maximum Gasteiger partial charge on any atom is 0.254 e. The Morgan fingerprint density at radius 2 is 2.08 bits per heavy atom. The second-order valence-electron chi connectivity index (χ2n) is 6.46. The highest BCUT2D eigenvalue weighted by molar-refractivity contribution is 5.94. The smallest absolute Gasteiger partial charge is 0.254 e. The summed E-state index contributed by atoms with van der Waals surface area (Å²) in [5, 5.41) is 4.00. The van der Waals surface area contributed by atoms with E-state index in [1.807, 2.05) is 0 Å². The highest BCUT2D eigenvalue weighted by Crippen LogP contribution is 2.29. The Hall–Kier alpha value is -2.28. The number of hydrogen-bond acceptors (Lipinski definition) is 6. The van der Waals surface area contributed by atoms with Gasteiger partial charge in [0.25, 0.3) is 5.91 Å². The lowest BCUT2D eigenvalue weighted by atomic mass is 9.99. The zero-order valence-corrected chi connectivity index (χ0v) is 13.4. The quantitative estimate of drug-likeness (QED) is 0.719. The molecule has 7 nitrogen and oxygen atoms in total. The van der Waals surface area contributed by atoms with Gasteiger partial charge in [0, 0.05) is 44.1 Å². The first-order valence-electron chi connectivity index (χ1n) is 8.39. The van der Waals surface area contributed by atoms with Gasteiger partial charge in [0.15, 0.2) is 5.82 Å². The fraction of sp³-hybridized carbons (Fsp3) is 0.529. The van der Waals surface area contributed by atoms with Gasteiger partial charge in [0.2, 0.25) is 5.89 Å². The molecule has 0 unspecified atom stereocenters. The molecule has 24 heavy (non-hydrogen) atoms. The minimum atomic E-state index is 0.0156. The van der Waals surface area contributed by atoms with E-state index in [9.17, 15) is 4.79 Å². The van der Waals surface area contributed by atoms with Crippen molar-refractivity contribution in [3.8, 4) is 0 Å². The Balaban J connectivity index is 1.24. The van der Waals surface area contributed by atoms with Crippen LogP contribution >= 0.6 is 0 Å². The molecule has 126 valence electrons.